The van der Waals surface area contributed by atoms with Crippen molar-refractivity contribution in [1.29, 1.82) is 5.26 Å². The lowest BCUT2D eigenvalue weighted by Crippen LogP contribution is -1.98. The highest BCUT2D eigenvalue weighted by atomic mass is 35.5. The Hall–Kier alpha value is -4.27. The number of halogens is 1. The molecular formula is C27H18ClN3O2. The van der Waals surface area contributed by atoms with Crippen LogP contribution in [0.1, 0.15) is 16.7 Å². The highest BCUT2D eigenvalue weighted by molar-refractivity contribution is 6.30. The van der Waals surface area contributed by atoms with E-state index in [4.69, 9.17) is 21.3 Å². The fraction of sp³-hybridized carbons (Fsp3) is 0.0370. The molecule has 0 aliphatic carbocycles. The summed E-state index contributed by atoms with van der Waals surface area (Å²) in [5, 5.41) is 20.5. The van der Waals surface area contributed by atoms with Crippen LogP contribution in [0, 0.1) is 11.3 Å². The molecular weight excluding hydrogens is 434 g/mol. The van der Waals surface area contributed by atoms with E-state index in [-0.39, 0.29) is 5.75 Å². The molecule has 0 saturated heterocycles. The second-order valence-electron chi connectivity index (χ2n) is 7.51. The molecule has 0 unspecified atom stereocenters. The number of pyridine rings is 1. The number of imidazole rings is 1. The SMILES string of the molecule is COc1cc(/C=C/c2cc(-c3cccc(Cl)c3)n3c(nc4ccccc43)c2C#N)ccc1O. The van der Waals surface area contributed by atoms with Crippen LogP contribution in [0.2, 0.25) is 5.02 Å². The summed E-state index contributed by atoms with van der Waals surface area (Å²) in [7, 11) is 1.50. The molecule has 0 fully saturated rings. The maximum atomic E-state index is 10.1. The lowest BCUT2D eigenvalue weighted by atomic mass is 10.0. The first-order chi connectivity index (χ1) is 16.1. The van der Waals surface area contributed by atoms with E-state index in [0.29, 0.717) is 22.0 Å². The van der Waals surface area contributed by atoms with E-state index in [1.165, 1.54) is 7.11 Å². The molecule has 1 N–H and O–H groups in total. The summed E-state index contributed by atoms with van der Waals surface area (Å²) in [6.45, 7) is 0. The molecule has 0 bridgehead atoms. The van der Waals surface area contributed by atoms with Crippen molar-refractivity contribution in [3.05, 3.63) is 94.5 Å². The Bertz CT molecular complexity index is 1600. The molecule has 6 heteroatoms. The van der Waals surface area contributed by atoms with Gasteiger partial charge in [0, 0.05) is 10.6 Å². The third-order valence-electron chi connectivity index (χ3n) is 5.50. The lowest BCUT2D eigenvalue weighted by molar-refractivity contribution is 0.373. The molecule has 0 atom stereocenters. The second-order valence-corrected chi connectivity index (χ2v) is 7.94. The predicted octanol–water partition coefficient (Wildman–Crippen LogP) is 6.56. The number of phenolic OH excluding ortho intramolecular Hbond substituents is 1. The van der Waals surface area contributed by atoms with Crippen LogP contribution in [0.5, 0.6) is 11.5 Å². The zero-order valence-corrected chi connectivity index (χ0v) is 18.4. The van der Waals surface area contributed by atoms with Crippen molar-refractivity contribution in [2.75, 3.05) is 7.11 Å². The van der Waals surface area contributed by atoms with Crippen LogP contribution in [0.3, 0.4) is 0 Å². The van der Waals surface area contributed by atoms with Gasteiger partial charge in [0.2, 0.25) is 0 Å². The van der Waals surface area contributed by atoms with Crippen LogP contribution in [0.4, 0.5) is 0 Å². The number of para-hydroxylation sites is 2. The van der Waals surface area contributed by atoms with Gasteiger partial charge in [0.15, 0.2) is 17.1 Å². The Morgan fingerprint density at radius 2 is 1.88 bits per heavy atom. The summed E-state index contributed by atoms with van der Waals surface area (Å²) in [5.74, 6) is 0.452. The number of rotatable bonds is 4. The third kappa shape index (κ3) is 3.67. The van der Waals surface area contributed by atoms with E-state index in [0.717, 1.165) is 33.4 Å². The Morgan fingerprint density at radius 3 is 2.67 bits per heavy atom. The van der Waals surface area contributed by atoms with E-state index in [2.05, 4.69) is 6.07 Å². The van der Waals surface area contributed by atoms with Crippen molar-refractivity contribution in [2.24, 2.45) is 0 Å². The van der Waals surface area contributed by atoms with Gasteiger partial charge in [-0.2, -0.15) is 5.26 Å². The topological polar surface area (TPSA) is 70.5 Å². The van der Waals surface area contributed by atoms with E-state index < -0.39 is 0 Å². The molecule has 0 saturated carbocycles. The molecule has 0 amide bonds. The smallest absolute Gasteiger partial charge is 0.161 e. The zero-order valence-electron chi connectivity index (χ0n) is 17.7. The fourth-order valence-electron chi connectivity index (χ4n) is 3.94. The highest BCUT2D eigenvalue weighted by Crippen LogP contribution is 2.32. The number of methoxy groups -OCH3 is 1. The molecule has 2 aromatic heterocycles. The molecule has 5 aromatic rings. The van der Waals surface area contributed by atoms with E-state index in [9.17, 15) is 10.4 Å². The minimum absolute atomic E-state index is 0.0705. The first-order valence-corrected chi connectivity index (χ1v) is 10.6. The molecule has 0 spiro atoms. The quantitative estimate of drug-likeness (QED) is 0.335. The molecule has 33 heavy (non-hydrogen) atoms. The molecule has 5 rings (SSSR count). The molecule has 160 valence electrons. The number of nitrogens with zero attached hydrogens (tertiary/aromatic N) is 3. The van der Waals surface area contributed by atoms with Gasteiger partial charge in [0.05, 0.1) is 23.8 Å². The summed E-state index contributed by atoms with van der Waals surface area (Å²) >= 11 is 6.30. The maximum absolute atomic E-state index is 10.1. The van der Waals surface area contributed by atoms with Gasteiger partial charge in [0.25, 0.3) is 0 Å². The number of benzene rings is 3. The second kappa shape index (κ2) is 8.34. The number of ether oxygens (including phenoxy) is 1. The van der Waals surface area contributed by atoms with Crippen molar-refractivity contribution in [2.45, 2.75) is 0 Å². The van der Waals surface area contributed by atoms with Gasteiger partial charge in [-0.15, -0.1) is 0 Å². The van der Waals surface area contributed by atoms with Gasteiger partial charge < -0.3 is 9.84 Å². The van der Waals surface area contributed by atoms with Crippen LogP contribution in [0.15, 0.2) is 72.8 Å². The van der Waals surface area contributed by atoms with E-state index in [1.54, 1.807) is 18.2 Å². The van der Waals surface area contributed by atoms with Gasteiger partial charge in [-0.1, -0.05) is 54.1 Å². The Morgan fingerprint density at radius 1 is 1.03 bits per heavy atom. The number of phenols is 1. The van der Waals surface area contributed by atoms with Crippen LogP contribution >= 0.6 is 11.6 Å². The van der Waals surface area contributed by atoms with Crippen molar-refractivity contribution in [1.82, 2.24) is 9.38 Å². The maximum Gasteiger partial charge on any atom is 0.161 e. The van der Waals surface area contributed by atoms with E-state index >= 15 is 0 Å². The summed E-state index contributed by atoms with van der Waals surface area (Å²) < 4.78 is 7.20. The van der Waals surface area contributed by atoms with Crippen LogP contribution in [-0.2, 0) is 0 Å². The Kier molecular flexibility index (Phi) is 5.21. The molecule has 0 aliphatic rings. The van der Waals surface area contributed by atoms with Gasteiger partial charge >= 0.3 is 0 Å². The van der Waals surface area contributed by atoms with Gasteiger partial charge in [0.1, 0.15) is 11.6 Å². The van der Waals surface area contributed by atoms with E-state index in [1.807, 2.05) is 71.2 Å². The molecule has 0 aliphatic heterocycles. The van der Waals surface area contributed by atoms with Crippen molar-refractivity contribution in [3.63, 3.8) is 0 Å². The molecule has 5 nitrogen and oxygen atoms in total. The van der Waals surface area contributed by atoms with Gasteiger partial charge in [-0.3, -0.25) is 4.40 Å². The van der Waals surface area contributed by atoms with Crippen LogP contribution in [0.25, 0.3) is 40.1 Å². The molecule has 0 radical (unpaired) electrons. The molecule has 3 aromatic carbocycles. The average Bonchev–Trinajstić information content (AvgIpc) is 3.22. The Balaban J connectivity index is 1.78. The number of hydrogen-bond acceptors (Lipinski definition) is 4. The monoisotopic (exact) mass is 451 g/mol. The molecule has 2 heterocycles. The number of aromatic nitrogens is 2. The van der Waals surface area contributed by atoms with Crippen LogP contribution < -0.4 is 4.74 Å². The van der Waals surface area contributed by atoms with Crippen molar-refractivity contribution >= 4 is 40.4 Å². The van der Waals surface area contributed by atoms with Crippen molar-refractivity contribution in [3.8, 4) is 28.8 Å². The Labute approximate surface area is 195 Å². The van der Waals surface area contributed by atoms with Crippen molar-refractivity contribution < 1.29 is 9.84 Å². The summed E-state index contributed by atoms with van der Waals surface area (Å²) in [4.78, 5) is 4.77. The largest absolute Gasteiger partial charge is 0.504 e. The lowest BCUT2D eigenvalue weighted by Gasteiger charge is -2.11. The predicted molar refractivity (Wildman–Crippen MR) is 131 cm³/mol. The first-order valence-electron chi connectivity index (χ1n) is 10.2. The summed E-state index contributed by atoms with van der Waals surface area (Å²) in [6, 6.07) is 24.8. The fourth-order valence-corrected chi connectivity index (χ4v) is 4.13. The van der Waals surface area contributed by atoms with Gasteiger partial charge in [-0.25, -0.2) is 4.98 Å². The number of aromatic hydroxyl groups is 1. The average molecular weight is 452 g/mol. The highest BCUT2D eigenvalue weighted by Gasteiger charge is 2.17. The number of hydrogen-bond donors (Lipinski definition) is 1. The third-order valence-corrected chi connectivity index (χ3v) is 5.73. The normalized spacial score (nSPS) is 11.3. The first kappa shape index (κ1) is 20.6. The summed E-state index contributed by atoms with van der Waals surface area (Å²) in [5.41, 5.74) is 6.12. The van der Waals surface area contributed by atoms with Gasteiger partial charge in [-0.05, 0) is 53.6 Å². The van der Waals surface area contributed by atoms with Crippen LogP contribution in [-0.4, -0.2) is 21.6 Å². The zero-order chi connectivity index (χ0) is 22.9. The number of nitriles is 1. The minimum atomic E-state index is 0.0705. The summed E-state index contributed by atoms with van der Waals surface area (Å²) in [6.07, 6.45) is 3.75. The standard InChI is InChI=1S/C27H18ClN3O2/c1-33-26-13-17(10-12-25(26)32)9-11-18-15-24(19-5-4-6-20(28)14-19)31-23-8-3-2-7-22(23)30-27(31)21(18)16-29/h2-15,32H,1H3/b11-9+. The number of fused-ring (bicyclic) bond motifs is 3. The minimum Gasteiger partial charge on any atom is -0.504 e.